The molecule has 0 saturated heterocycles. The molecule has 0 fully saturated rings. The summed E-state index contributed by atoms with van der Waals surface area (Å²) < 4.78 is 25.9. The summed E-state index contributed by atoms with van der Waals surface area (Å²) in [5, 5.41) is 3.51. The van der Waals surface area contributed by atoms with E-state index in [9.17, 15) is 4.39 Å². The Morgan fingerprint density at radius 2 is 1.75 bits per heavy atom. The van der Waals surface area contributed by atoms with E-state index in [0.717, 1.165) is 10.0 Å². The molecule has 0 radical (unpaired) electrons. The van der Waals surface area contributed by atoms with Gasteiger partial charge in [0.05, 0.1) is 11.6 Å². The van der Waals surface area contributed by atoms with Gasteiger partial charge in [-0.3, -0.25) is 0 Å². The first-order valence-electron chi connectivity index (χ1n) is 9.09. The van der Waals surface area contributed by atoms with E-state index in [1.54, 1.807) is 25.3 Å². The maximum absolute atomic E-state index is 13.8. The van der Waals surface area contributed by atoms with Crippen LogP contribution in [0.25, 0.3) is 0 Å². The Morgan fingerprint density at radius 1 is 1.04 bits per heavy atom. The summed E-state index contributed by atoms with van der Waals surface area (Å²) in [4.78, 5) is 0. The third-order valence-corrected chi connectivity index (χ3v) is 5.12. The largest absolute Gasteiger partial charge is 0.493 e. The number of hydrogen-bond acceptors (Lipinski definition) is 3. The van der Waals surface area contributed by atoms with Gasteiger partial charge >= 0.3 is 0 Å². The second kappa shape index (κ2) is 9.71. The molecular weight excluding hydrogens is 421 g/mol. The van der Waals surface area contributed by atoms with E-state index in [1.165, 1.54) is 11.6 Å². The lowest BCUT2D eigenvalue weighted by atomic mass is 10.1. The molecule has 0 aliphatic carbocycles. The van der Waals surface area contributed by atoms with Crippen LogP contribution in [-0.2, 0) is 13.2 Å². The number of rotatable bonds is 8. The highest BCUT2D eigenvalue weighted by Crippen LogP contribution is 2.37. The Hall–Kier alpha value is -2.37. The van der Waals surface area contributed by atoms with Crippen LogP contribution in [0.4, 0.5) is 4.39 Å². The summed E-state index contributed by atoms with van der Waals surface area (Å²) >= 11 is 3.56. The van der Waals surface area contributed by atoms with Crippen molar-refractivity contribution in [2.45, 2.75) is 26.1 Å². The van der Waals surface area contributed by atoms with Gasteiger partial charge < -0.3 is 14.8 Å². The van der Waals surface area contributed by atoms with Gasteiger partial charge in [0.2, 0.25) is 0 Å². The molecule has 0 aliphatic heterocycles. The van der Waals surface area contributed by atoms with Crippen LogP contribution in [0.2, 0.25) is 0 Å². The van der Waals surface area contributed by atoms with Gasteiger partial charge in [0, 0.05) is 18.2 Å². The molecule has 28 heavy (non-hydrogen) atoms. The van der Waals surface area contributed by atoms with Gasteiger partial charge in [0.25, 0.3) is 0 Å². The topological polar surface area (TPSA) is 30.5 Å². The van der Waals surface area contributed by atoms with Crippen LogP contribution in [-0.4, -0.2) is 7.11 Å². The van der Waals surface area contributed by atoms with Crippen molar-refractivity contribution in [3.05, 3.63) is 93.7 Å². The molecule has 0 bridgehead atoms. The van der Waals surface area contributed by atoms with Crippen molar-refractivity contribution in [3.8, 4) is 11.5 Å². The summed E-state index contributed by atoms with van der Waals surface area (Å²) in [5.41, 5.74) is 2.79. The van der Waals surface area contributed by atoms with Gasteiger partial charge in [-0.2, -0.15) is 0 Å². The SMILES string of the molecule is COc1cc(CN[C@@H](C)c2ccccc2)cc(Br)c1OCc1ccccc1F. The normalized spacial score (nSPS) is 11.9. The summed E-state index contributed by atoms with van der Waals surface area (Å²) in [7, 11) is 1.60. The fourth-order valence-corrected chi connectivity index (χ4v) is 3.52. The summed E-state index contributed by atoms with van der Waals surface area (Å²) in [6.45, 7) is 2.94. The van der Waals surface area contributed by atoms with E-state index in [2.05, 4.69) is 40.3 Å². The third kappa shape index (κ3) is 5.12. The highest BCUT2D eigenvalue weighted by molar-refractivity contribution is 9.10. The maximum atomic E-state index is 13.8. The van der Waals surface area contributed by atoms with Gasteiger partial charge in [0.15, 0.2) is 11.5 Å². The van der Waals surface area contributed by atoms with Crippen molar-refractivity contribution >= 4 is 15.9 Å². The number of hydrogen-bond donors (Lipinski definition) is 1. The molecule has 0 aliphatic rings. The van der Waals surface area contributed by atoms with Crippen LogP contribution in [0.15, 0.2) is 71.2 Å². The van der Waals surface area contributed by atoms with E-state index in [4.69, 9.17) is 9.47 Å². The number of methoxy groups -OCH3 is 1. The highest BCUT2D eigenvalue weighted by Gasteiger charge is 2.14. The summed E-state index contributed by atoms with van der Waals surface area (Å²) in [6.07, 6.45) is 0. The van der Waals surface area contributed by atoms with Crippen molar-refractivity contribution in [3.63, 3.8) is 0 Å². The first kappa shape index (κ1) is 20.4. The van der Waals surface area contributed by atoms with E-state index >= 15 is 0 Å². The van der Waals surface area contributed by atoms with Crippen molar-refractivity contribution in [1.82, 2.24) is 5.32 Å². The molecule has 0 amide bonds. The standard InChI is InChI=1S/C23H23BrFNO2/c1-16(18-8-4-3-5-9-18)26-14-17-12-20(24)23(22(13-17)27-2)28-15-19-10-6-7-11-21(19)25/h3-13,16,26H,14-15H2,1-2H3/t16-/m0/s1. The molecule has 0 spiro atoms. The Labute approximate surface area is 173 Å². The molecule has 0 saturated carbocycles. The zero-order valence-corrected chi connectivity index (χ0v) is 17.5. The molecule has 0 heterocycles. The predicted molar refractivity (Wildman–Crippen MR) is 113 cm³/mol. The van der Waals surface area contributed by atoms with Gasteiger partial charge in [0.1, 0.15) is 12.4 Å². The second-order valence-electron chi connectivity index (χ2n) is 6.50. The minimum Gasteiger partial charge on any atom is -0.493 e. The van der Waals surface area contributed by atoms with Crippen molar-refractivity contribution in [1.29, 1.82) is 0 Å². The van der Waals surface area contributed by atoms with E-state index in [-0.39, 0.29) is 18.5 Å². The van der Waals surface area contributed by atoms with E-state index < -0.39 is 0 Å². The van der Waals surface area contributed by atoms with E-state index in [0.29, 0.717) is 23.6 Å². The molecule has 3 aromatic carbocycles. The third-order valence-electron chi connectivity index (χ3n) is 4.53. The molecule has 3 nitrogen and oxygen atoms in total. The lowest BCUT2D eigenvalue weighted by molar-refractivity contribution is 0.277. The lowest BCUT2D eigenvalue weighted by Crippen LogP contribution is -2.18. The number of halogens is 2. The van der Waals surface area contributed by atoms with Crippen LogP contribution in [0.1, 0.15) is 29.7 Å². The second-order valence-corrected chi connectivity index (χ2v) is 7.36. The van der Waals surface area contributed by atoms with Crippen molar-refractivity contribution in [2.75, 3.05) is 7.11 Å². The number of benzene rings is 3. The predicted octanol–water partition coefficient (Wildman–Crippen LogP) is 6.03. The maximum Gasteiger partial charge on any atom is 0.175 e. The average molecular weight is 444 g/mol. The quantitative estimate of drug-likeness (QED) is 0.461. The van der Waals surface area contributed by atoms with Gasteiger partial charge in [-0.05, 0) is 52.2 Å². The Morgan fingerprint density at radius 3 is 2.46 bits per heavy atom. The fourth-order valence-electron chi connectivity index (χ4n) is 2.91. The first-order valence-corrected chi connectivity index (χ1v) is 9.88. The van der Waals surface area contributed by atoms with Crippen LogP contribution in [0, 0.1) is 5.82 Å². The first-order chi connectivity index (χ1) is 13.6. The molecule has 0 aromatic heterocycles. The van der Waals surface area contributed by atoms with Crippen molar-refractivity contribution < 1.29 is 13.9 Å². The highest BCUT2D eigenvalue weighted by atomic mass is 79.9. The molecule has 3 rings (SSSR count). The molecule has 3 aromatic rings. The smallest absolute Gasteiger partial charge is 0.175 e. The molecule has 0 unspecified atom stereocenters. The number of ether oxygens (including phenoxy) is 2. The molecule has 146 valence electrons. The van der Waals surface area contributed by atoms with E-state index in [1.807, 2.05) is 30.3 Å². The minimum absolute atomic E-state index is 0.129. The minimum atomic E-state index is -0.284. The zero-order chi connectivity index (χ0) is 19.9. The Kier molecular flexibility index (Phi) is 7.06. The fraction of sp³-hybridized carbons (Fsp3) is 0.217. The van der Waals surface area contributed by atoms with Gasteiger partial charge in [-0.1, -0.05) is 48.5 Å². The van der Waals surface area contributed by atoms with Crippen molar-refractivity contribution in [2.24, 2.45) is 0 Å². The van der Waals surface area contributed by atoms with Gasteiger partial charge in [-0.15, -0.1) is 0 Å². The summed E-state index contributed by atoms with van der Waals surface area (Å²) in [5.74, 6) is 0.883. The van der Waals surface area contributed by atoms with Crippen LogP contribution >= 0.6 is 15.9 Å². The monoisotopic (exact) mass is 443 g/mol. The zero-order valence-electron chi connectivity index (χ0n) is 15.9. The van der Waals surface area contributed by atoms with Crippen LogP contribution in [0.3, 0.4) is 0 Å². The Bertz CT molecular complexity index is 918. The molecule has 5 heteroatoms. The van der Waals surface area contributed by atoms with Crippen LogP contribution in [0.5, 0.6) is 11.5 Å². The van der Waals surface area contributed by atoms with Gasteiger partial charge in [-0.25, -0.2) is 4.39 Å². The summed E-state index contributed by atoms with van der Waals surface area (Å²) in [6, 6.07) is 21.0. The number of nitrogens with one attached hydrogen (secondary N) is 1. The Balaban J connectivity index is 1.69. The molecule has 1 atom stereocenters. The van der Waals surface area contributed by atoms with Crippen LogP contribution < -0.4 is 14.8 Å². The lowest BCUT2D eigenvalue weighted by Gasteiger charge is -2.17. The average Bonchev–Trinajstić information content (AvgIpc) is 2.72. The molecular formula is C23H23BrFNO2. The molecule has 1 N–H and O–H groups in total.